The Hall–Kier alpha value is -0.910. The maximum atomic E-state index is 12.1. The van der Waals surface area contributed by atoms with Crippen LogP contribution in [0.5, 0.6) is 0 Å². The third-order valence-electron chi connectivity index (χ3n) is 4.73. The number of fused-ring (bicyclic) bond motifs is 2. The average Bonchev–Trinajstić information content (AvgIpc) is 2.69. The van der Waals surface area contributed by atoms with Crippen LogP contribution in [0.1, 0.15) is 35.6 Å². The van der Waals surface area contributed by atoms with Gasteiger partial charge in [-0.3, -0.25) is 5.84 Å². The number of hydrazine groups is 1. The van der Waals surface area contributed by atoms with Gasteiger partial charge in [0.15, 0.2) is 9.84 Å². The fourth-order valence-corrected chi connectivity index (χ4v) is 4.93. The second-order valence-corrected chi connectivity index (χ2v) is 8.15. The lowest BCUT2D eigenvalue weighted by Gasteiger charge is -2.38. The molecule has 1 saturated heterocycles. The van der Waals surface area contributed by atoms with Crippen LogP contribution >= 0.6 is 0 Å². The largest absolute Gasteiger partial charge is 0.269 e. The maximum absolute atomic E-state index is 12.1. The Balaban J connectivity index is 2.07. The van der Waals surface area contributed by atoms with Crippen molar-refractivity contribution in [3.8, 4) is 0 Å². The van der Waals surface area contributed by atoms with Gasteiger partial charge in [0.25, 0.3) is 0 Å². The highest BCUT2D eigenvalue weighted by atomic mass is 32.2. The number of hydrogen-bond donors (Lipinski definition) is 1. The van der Waals surface area contributed by atoms with Crippen LogP contribution in [-0.2, 0) is 15.3 Å². The Morgan fingerprint density at radius 1 is 1.26 bits per heavy atom. The first kappa shape index (κ1) is 13.1. The van der Waals surface area contributed by atoms with Crippen molar-refractivity contribution in [2.24, 2.45) is 5.84 Å². The summed E-state index contributed by atoms with van der Waals surface area (Å²) in [5.74, 6) is 5.84. The van der Waals surface area contributed by atoms with E-state index in [0.29, 0.717) is 0 Å². The van der Waals surface area contributed by atoms with E-state index in [1.165, 1.54) is 11.8 Å². The van der Waals surface area contributed by atoms with Gasteiger partial charge in [0.05, 0.1) is 5.25 Å². The van der Waals surface area contributed by atoms with Gasteiger partial charge in [0.2, 0.25) is 0 Å². The zero-order chi connectivity index (χ0) is 13.7. The van der Waals surface area contributed by atoms with E-state index < -0.39 is 9.84 Å². The Morgan fingerprint density at radius 2 is 1.89 bits per heavy atom. The molecule has 1 aromatic rings. The zero-order valence-corrected chi connectivity index (χ0v) is 12.0. The highest BCUT2D eigenvalue weighted by Crippen LogP contribution is 2.52. The Kier molecular flexibility index (Phi) is 2.96. The fraction of sp³-hybridized carbons (Fsp3) is 0.571. The minimum absolute atomic E-state index is 0.0141. The average molecular weight is 280 g/mol. The molecule has 2 aliphatic rings. The quantitative estimate of drug-likeness (QED) is 0.790. The van der Waals surface area contributed by atoms with Crippen LogP contribution in [-0.4, -0.2) is 32.8 Å². The molecule has 3 rings (SSSR count). The lowest BCUT2D eigenvalue weighted by Crippen LogP contribution is -2.45. The number of hydrogen-bond acceptors (Lipinski definition) is 4. The van der Waals surface area contributed by atoms with E-state index in [1.54, 1.807) is 0 Å². The maximum Gasteiger partial charge on any atom is 0.154 e. The van der Waals surface area contributed by atoms with Gasteiger partial charge in [-0.15, -0.1) is 0 Å². The Labute approximate surface area is 114 Å². The summed E-state index contributed by atoms with van der Waals surface area (Å²) in [5, 5.41) is 1.50. The summed E-state index contributed by atoms with van der Waals surface area (Å²) in [6, 6.07) is 8.03. The lowest BCUT2D eigenvalue weighted by atomic mass is 9.74. The van der Waals surface area contributed by atoms with Gasteiger partial charge in [0, 0.05) is 19.3 Å². The van der Waals surface area contributed by atoms with Gasteiger partial charge in [-0.05, 0) is 35.8 Å². The van der Waals surface area contributed by atoms with E-state index in [0.717, 1.165) is 37.9 Å². The number of benzene rings is 1. The predicted molar refractivity (Wildman–Crippen MR) is 75.3 cm³/mol. The molecule has 1 aliphatic heterocycles. The normalized spacial score (nSPS) is 26.5. The highest BCUT2D eigenvalue weighted by Gasteiger charge is 2.47. The summed E-state index contributed by atoms with van der Waals surface area (Å²) >= 11 is 0. The topological polar surface area (TPSA) is 63.4 Å². The summed E-state index contributed by atoms with van der Waals surface area (Å²) in [5.41, 5.74) is 2.26. The molecule has 1 atom stereocenters. The number of nitrogens with two attached hydrogens (primary N) is 1. The molecule has 1 spiro atoms. The van der Waals surface area contributed by atoms with E-state index in [1.807, 2.05) is 23.2 Å². The monoisotopic (exact) mass is 280 g/mol. The SMILES string of the molecule is CS(=O)(=O)C1CC2(CCN(N)CC2)c2ccccc21. The molecule has 2 N–H and O–H groups in total. The Morgan fingerprint density at radius 3 is 2.53 bits per heavy atom. The molecule has 0 radical (unpaired) electrons. The van der Waals surface area contributed by atoms with E-state index >= 15 is 0 Å². The van der Waals surface area contributed by atoms with Gasteiger partial charge in [-0.25, -0.2) is 13.4 Å². The molecule has 19 heavy (non-hydrogen) atoms. The molecule has 1 aromatic carbocycles. The summed E-state index contributed by atoms with van der Waals surface area (Å²) in [7, 11) is -3.05. The van der Waals surface area contributed by atoms with Crippen molar-refractivity contribution in [3.05, 3.63) is 35.4 Å². The lowest BCUT2D eigenvalue weighted by molar-refractivity contribution is 0.160. The number of rotatable bonds is 1. The standard InChI is InChI=1S/C14H20N2O2S/c1-19(17,18)13-10-14(6-8-16(15)9-7-14)12-5-3-2-4-11(12)13/h2-5,13H,6-10,15H2,1H3. The van der Waals surface area contributed by atoms with Crippen molar-refractivity contribution in [2.45, 2.75) is 29.9 Å². The van der Waals surface area contributed by atoms with Gasteiger partial charge in [-0.2, -0.15) is 0 Å². The summed E-state index contributed by atoms with van der Waals surface area (Å²) in [6.45, 7) is 1.68. The van der Waals surface area contributed by atoms with E-state index in [2.05, 4.69) is 6.07 Å². The molecule has 0 aromatic heterocycles. The second-order valence-electron chi connectivity index (χ2n) is 5.93. The van der Waals surface area contributed by atoms with E-state index in [9.17, 15) is 8.42 Å². The molecule has 1 heterocycles. The first-order valence-corrected chi connectivity index (χ1v) is 8.66. The Bertz CT molecular complexity index is 589. The number of nitrogens with zero attached hydrogens (tertiary/aromatic N) is 1. The molecule has 4 nitrogen and oxygen atoms in total. The molecule has 0 saturated carbocycles. The smallest absolute Gasteiger partial charge is 0.154 e. The van der Waals surface area contributed by atoms with Gasteiger partial charge >= 0.3 is 0 Å². The van der Waals surface area contributed by atoms with Crippen LogP contribution in [0.25, 0.3) is 0 Å². The molecule has 1 aliphatic carbocycles. The van der Waals surface area contributed by atoms with Crippen molar-refractivity contribution < 1.29 is 8.42 Å². The van der Waals surface area contributed by atoms with Crippen LogP contribution in [0, 0.1) is 0 Å². The first-order valence-electron chi connectivity index (χ1n) is 6.70. The third kappa shape index (κ3) is 2.10. The van der Waals surface area contributed by atoms with Crippen molar-refractivity contribution in [2.75, 3.05) is 19.3 Å². The minimum Gasteiger partial charge on any atom is -0.269 e. The van der Waals surface area contributed by atoms with Crippen LogP contribution in [0.2, 0.25) is 0 Å². The van der Waals surface area contributed by atoms with E-state index in [4.69, 9.17) is 5.84 Å². The highest BCUT2D eigenvalue weighted by molar-refractivity contribution is 7.90. The molecular weight excluding hydrogens is 260 g/mol. The van der Waals surface area contributed by atoms with Crippen molar-refractivity contribution >= 4 is 9.84 Å². The first-order chi connectivity index (χ1) is 8.92. The number of sulfone groups is 1. The van der Waals surface area contributed by atoms with Crippen LogP contribution in [0.15, 0.2) is 24.3 Å². The number of piperidine rings is 1. The van der Waals surface area contributed by atoms with E-state index in [-0.39, 0.29) is 10.7 Å². The van der Waals surface area contributed by atoms with Crippen LogP contribution in [0.4, 0.5) is 0 Å². The fourth-order valence-electron chi connectivity index (χ4n) is 3.64. The van der Waals surface area contributed by atoms with Gasteiger partial charge in [0.1, 0.15) is 0 Å². The molecule has 0 amide bonds. The molecule has 1 unspecified atom stereocenters. The zero-order valence-electron chi connectivity index (χ0n) is 11.2. The van der Waals surface area contributed by atoms with Crippen molar-refractivity contribution in [1.29, 1.82) is 0 Å². The third-order valence-corrected chi connectivity index (χ3v) is 6.18. The summed E-state index contributed by atoms with van der Waals surface area (Å²) in [4.78, 5) is 0. The van der Waals surface area contributed by atoms with Crippen molar-refractivity contribution in [1.82, 2.24) is 5.01 Å². The molecule has 104 valence electrons. The molecule has 0 bridgehead atoms. The van der Waals surface area contributed by atoms with Gasteiger partial charge < -0.3 is 0 Å². The molecule has 1 fully saturated rings. The summed E-state index contributed by atoms with van der Waals surface area (Å²) in [6.07, 6.45) is 3.98. The van der Waals surface area contributed by atoms with Crippen LogP contribution < -0.4 is 5.84 Å². The summed E-state index contributed by atoms with van der Waals surface area (Å²) < 4.78 is 24.1. The van der Waals surface area contributed by atoms with Crippen LogP contribution in [0.3, 0.4) is 0 Å². The predicted octanol–water partition coefficient (Wildman–Crippen LogP) is 1.38. The molecular formula is C14H20N2O2S. The second kappa shape index (κ2) is 4.30. The van der Waals surface area contributed by atoms with Crippen molar-refractivity contribution in [3.63, 3.8) is 0 Å². The van der Waals surface area contributed by atoms with Gasteiger partial charge in [-0.1, -0.05) is 24.3 Å². The minimum atomic E-state index is -3.05. The molecule has 5 heteroatoms.